The van der Waals surface area contributed by atoms with Crippen molar-refractivity contribution in [1.29, 1.82) is 0 Å². The summed E-state index contributed by atoms with van der Waals surface area (Å²) in [5, 5.41) is 12.6. The summed E-state index contributed by atoms with van der Waals surface area (Å²) < 4.78 is 59.1. The molecule has 0 aliphatic carbocycles. The van der Waals surface area contributed by atoms with Gasteiger partial charge >= 0.3 is 6.18 Å². The van der Waals surface area contributed by atoms with E-state index in [1.54, 1.807) is 20.0 Å². The molecule has 34 heavy (non-hydrogen) atoms. The standard InChI is InChI=1S/C22H22F4N4O3S/c1-10-7-27-20(34-10)17-6-15(33-13(4)12(3)31)5-16(18(17)23)19(32)30-11(2)14-8-28-21(29-9-14)22(24,25)26/h5-9,11-13,31H,1-4H3,(H,30,32)/t11-,12+,13-/m1/s1. The summed E-state index contributed by atoms with van der Waals surface area (Å²) in [6.45, 7) is 6.45. The Hall–Kier alpha value is -3.12. The van der Waals surface area contributed by atoms with Crippen LogP contribution in [0.1, 0.15) is 53.4 Å². The second kappa shape index (κ2) is 10.0. The van der Waals surface area contributed by atoms with Crippen molar-refractivity contribution in [3.63, 3.8) is 0 Å². The number of ether oxygens (including phenoxy) is 1. The molecule has 2 N–H and O–H groups in total. The number of rotatable bonds is 7. The highest BCUT2D eigenvalue weighted by Gasteiger charge is 2.34. The van der Waals surface area contributed by atoms with Crippen LogP contribution in [-0.4, -0.2) is 38.2 Å². The van der Waals surface area contributed by atoms with E-state index < -0.39 is 42.0 Å². The van der Waals surface area contributed by atoms with E-state index in [4.69, 9.17) is 4.74 Å². The lowest BCUT2D eigenvalue weighted by Gasteiger charge is -2.20. The maximum Gasteiger partial charge on any atom is 0.451 e. The number of hydrogen-bond acceptors (Lipinski definition) is 7. The Morgan fingerprint density at radius 1 is 1.12 bits per heavy atom. The third-order valence-corrected chi connectivity index (χ3v) is 5.86. The average Bonchev–Trinajstić information content (AvgIpc) is 3.20. The van der Waals surface area contributed by atoms with Crippen LogP contribution >= 0.6 is 11.3 Å². The molecule has 0 radical (unpaired) electrons. The van der Waals surface area contributed by atoms with Gasteiger partial charge in [-0.15, -0.1) is 11.3 Å². The number of carbonyl (C=O) groups is 1. The number of halogens is 4. The molecule has 0 unspecified atom stereocenters. The SMILES string of the molecule is Cc1cnc(-c2cc(O[C@H](C)[C@H](C)O)cc(C(=O)N[C@H](C)c3cnc(C(F)(F)F)nc3)c2F)s1. The number of nitrogens with zero attached hydrogens (tertiary/aromatic N) is 3. The number of nitrogens with one attached hydrogen (secondary N) is 1. The Morgan fingerprint density at radius 3 is 2.29 bits per heavy atom. The van der Waals surface area contributed by atoms with Crippen molar-refractivity contribution in [3.05, 3.63) is 58.4 Å². The number of aryl methyl sites for hydroxylation is 1. The van der Waals surface area contributed by atoms with Crippen molar-refractivity contribution < 1.29 is 32.2 Å². The molecule has 182 valence electrons. The number of hydrogen-bond donors (Lipinski definition) is 2. The second-order valence-corrected chi connectivity index (χ2v) is 8.94. The Bertz CT molecular complexity index is 1170. The predicted molar refractivity (Wildman–Crippen MR) is 117 cm³/mol. The van der Waals surface area contributed by atoms with Gasteiger partial charge in [0.15, 0.2) is 0 Å². The first-order valence-electron chi connectivity index (χ1n) is 10.2. The van der Waals surface area contributed by atoms with E-state index in [9.17, 15) is 23.1 Å². The zero-order chi connectivity index (χ0) is 25.2. The molecule has 0 aliphatic heterocycles. The number of alkyl halides is 3. The highest BCUT2D eigenvalue weighted by atomic mass is 32.1. The monoisotopic (exact) mass is 498 g/mol. The number of thiazole rings is 1. The van der Waals surface area contributed by atoms with E-state index in [2.05, 4.69) is 20.3 Å². The van der Waals surface area contributed by atoms with Crippen molar-refractivity contribution in [2.75, 3.05) is 0 Å². The van der Waals surface area contributed by atoms with E-state index >= 15 is 4.39 Å². The minimum atomic E-state index is -4.69. The number of aliphatic hydroxyl groups is 1. The molecular weight excluding hydrogens is 476 g/mol. The van der Waals surface area contributed by atoms with Crippen molar-refractivity contribution >= 4 is 17.2 Å². The van der Waals surface area contributed by atoms with Gasteiger partial charge in [-0.1, -0.05) is 0 Å². The van der Waals surface area contributed by atoms with Crippen LogP contribution in [0.3, 0.4) is 0 Å². The lowest BCUT2D eigenvalue weighted by molar-refractivity contribution is -0.145. The second-order valence-electron chi connectivity index (χ2n) is 7.70. The highest BCUT2D eigenvalue weighted by Crippen LogP contribution is 2.33. The van der Waals surface area contributed by atoms with Crippen LogP contribution in [0.25, 0.3) is 10.6 Å². The molecule has 0 spiro atoms. The Balaban J connectivity index is 1.92. The quantitative estimate of drug-likeness (QED) is 0.458. The number of carbonyl (C=O) groups excluding carboxylic acids is 1. The third kappa shape index (κ3) is 5.86. The zero-order valence-electron chi connectivity index (χ0n) is 18.6. The summed E-state index contributed by atoms with van der Waals surface area (Å²) in [7, 11) is 0. The first-order valence-corrected chi connectivity index (χ1v) is 11.0. The van der Waals surface area contributed by atoms with Gasteiger partial charge in [0.05, 0.1) is 23.3 Å². The minimum Gasteiger partial charge on any atom is -0.488 e. The van der Waals surface area contributed by atoms with Gasteiger partial charge in [-0.05, 0) is 39.8 Å². The summed E-state index contributed by atoms with van der Waals surface area (Å²) >= 11 is 1.23. The summed E-state index contributed by atoms with van der Waals surface area (Å²) in [6, 6.07) is 1.78. The van der Waals surface area contributed by atoms with Gasteiger partial charge in [-0.2, -0.15) is 13.2 Å². The molecule has 3 atom stereocenters. The first kappa shape index (κ1) is 25.5. The van der Waals surface area contributed by atoms with E-state index in [0.717, 1.165) is 17.3 Å². The van der Waals surface area contributed by atoms with Crippen molar-refractivity contribution in [1.82, 2.24) is 20.3 Å². The van der Waals surface area contributed by atoms with Gasteiger partial charge in [0.2, 0.25) is 5.82 Å². The number of aromatic nitrogens is 3. The summed E-state index contributed by atoms with van der Waals surface area (Å²) in [6.07, 6.45) is -2.70. The molecule has 1 aromatic carbocycles. The van der Waals surface area contributed by atoms with E-state index in [-0.39, 0.29) is 22.4 Å². The van der Waals surface area contributed by atoms with E-state index in [1.807, 2.05) is 0 Å². The summed E-state index contributed by atoms with van der Waals surface area (Å²) in [5.41, 5.74) is -0.102. The highest BCUT2D eigenvalue weighted by molar-refractivity contribution is 7.14. The van der Waals surface area contributed by atoms with Crippen LogP contribution in [0.5, 0.6) is 5.75 Å². The molecule has 2 heterocycles. The molecule has 12 heteroatoms. The van der Waals surface area contributed by atoms with Crippen LogP contribution in [-0.2, 0) is 6.18 Å². The van der Waals surface area contributed by atoms with Crippen molar-refractivity contribution in [2.24, 2.45) is 0 Å². The molecule has 0 saturated carbocycles. The fourth-order valence-corrected chi connectivity index (χ4v) is 3.62. The fourth-order valence-electron chi connectivity index (χ4n) is 2.84. The number of aliphatic hydroxyl groups excluding tert-OH is 1. The van der Waals surface area contributed by atoms with Crippen LogP contribution < -0.4 is 10.1 Å². The summed E-state index contributed by atoms with van der Waals surface area (Å²) in [5.74, 6) is -2.82. The first-order chi connectivity index (χ1) is 15.9. The zero-order valence-corrected chi connectivity index (χ0v) is 19.5. The van der Waals surface area contributed by atoms with Gasteiger partial charge in [0.25, 0.3) is 5.91 Å². The molecule has 0 saturated heterocycles. The van der Waals surface area contributed by atoms with Gasteiger partial charge < -0.3 is 15.2 Å². The van der Waals surface area contributed by atoms with Gasteiger partial charge in [0.1, 0.15) is 22.7 Å². The summed E-state index contributed by atoms with van der Waals surface area (Å²) in [4.78, 5) is 24.5. The number of amides is 1. The van der Waals surface area contributed by atoms with Crippen LogP contribution in [0.2, 0.25) is 0 Å². The Labute approximate surface area is 196 Å². The Morgan fingerprint density at radius 2 is 1.76 bits per heavy atom. The van der Waals surface area contributed by atoms with E-state index in [1.165, 1.54) is 37.3 Å². The van der Waals surface area contributed by atoms with Gasteiger partial charge in [-0.3, -0.25) is 4.79 Å². The maximum absolute atomic E-state index is 15.4. The molecule has 0 bridgehead atoms. The maximum atomic E-state index is 15.4. The van der Waals surface area contributed by atoms with Gasteiger partial charge in [0, 0.05) is 29.0 Å². The molecule has 7 nitrogen and oxygen atoms in total. The van der Waals surface area contributed by atoms with Gasteiger partial charge in [-0.25, -0.2) is 19.3 Å². The predicted octanol–water partition coefficient (Wildman–Crippen LogP) is 4.71. The number of benzene rings is 1. The lowest BCUT2D eigenvalue weighted by atomic mass is 10.1. The van der Waals surface area contributed by atoms with Crippen LogP contribution in [0, 0.1) is 12.7 Å². The molecule has 3 aromatic rings. The topological polar surface area (TPSA) is 97.2 Å². The third-order valence-electron chi connectivity index (χ3n) is 4.92. The van der Waals surface area contributed by atoms with Crippen molar-refractivity contribution in [3.8, 4) is 16.3 Å². The molecular formula is C22H22F4N4O3S. The van der Waals surface area contributed by atoms with Crippen LogP contribution in [0.15, 0.2) is 30.7 Å². The lowest BCUT2D eigenvalue weighted by Crippen LogP contribution is -2.29. The minimum absolute atomic E-state index is 0.0454. The average molecular weight is 499 g/mol. The molecule has 1 amide bonds. The smallest absolute Gasteiger partial charge is 0.451 e. The molecule has 0 fully saturated rings. The normalized spacial score (nSPS) is 14.4. The van der Waals surface area contributed by atoms with Crippen molar-refractivity contribution in [2.45, 2.75) is 52.1 Å². The Kier molecular flexibility index (Phi) is 7.51. The fraction of sp³-hybridized carbons (Fsp3) is 0.364. The molecule has 0 aliphatic rings. The molecule has 3 rings (SSSR count). The van der Waals surface area contributed by atoms with E-state index in [0.29, 0.717) is 5.01 Å². The largest absolute Gasteiger partial charge is 0.488 e. The van der Waals surface area contributed by atoms with Crippen LogP contribution in [0.4, 0.5) is 17.6 Å². The molecule has 2 aromatic heterocycles.